The third-order valence-corrected chi connectivity index (χ3v) is 5.06. The summed E-state index contributed by atoms with van der Waals surface area (Å²) in [5.41, 5.74) is 5.45. The van der Waals surface area contributed by atoms with Crippen molar-refractivity contribution in [2.75, 3.05) is 13.1 Å². The van der Waals surface area contributed by atoms with Crippen molar-refractivity contribution in [1.82, 2.24) is 21.2 Å². The highest BCUT2D eigenvalue weighted by molar-refractivity contribution is 7.09. The van der Waals surface area contributed by atoms with E-state index in [9.17, 15) is 9.59 Å². The predicted molar refractivity (Wildman–Crippen MR) is 93.3 cm³/mol. The lowest BCUT2D eigenvalue weighted by Gasteiger charge is -2.20. The maximum Gasteiger partial charge on any atom is 0.289 e. The van der Waals surface area contributed by atoms with Crippen molar-refractivity contribution >= 4 is 34.8 Å². The van der Waals surface area contributed by atoms with Crippen molar-refractivity contribution in [3.63, 3.8) is 0 Å². The minimum atomic E-state index is -0.431. The predicted octanol–water partition coefficient (Wildman–Crippen LogP) is 2.34. The van der Waals surface area contributed by atoms with Crippen LogP contribution in [0.1, 0.15) is 44.6 Å². The second-order valence-corrected chi connectivity index (χ2v) is 6.84. The molecule has 1 saturated heterocycles. The van der Waals surface area contributed by atoms with E-state index < -0.39 is 11.8 Å². The van der Waals surface area contributed by atoms with Gasteiger partial charge in [-0.05, 0) is 44.1 Å². The number of rotatable bonds is 3. The summed E-state index contributed by atoms with van der Waals surface area (Å²) in [4.78, 5) is 28.5. The lowest BCUT2D eigenvalue weighted by molar-refractivity contribution is 0.0844. The zero-order valence-corrected chi connectivity index (χ0v) is 14.4. The number of piperidine rings is 1. The molecule has 0 spiro atoms. The summed E-state index contributed by atoms with van der Waals surface area (Å²) in [5.74, 6) is -0.458. The van der Waals surface area contributed by atoms with Gasteiger partial charge < -0.3 is 5.32 Å². The molecule has 1 fully saturated rings. The van der Waals surface area contributed by atoms with Crippen LogP contribution in [0.25, 0.3) is 0 Å². The van der Waals surface area contributed by atoms with E-state index in [2.05, 4.69) is 21.2 Å². The van der Waals surface area contributed by atoms with Gasteiger partial charge in [-0.15, -0.1) is 11.3 Å². The zero-order valence-electron chi connectivity index (χ0n) is 12.8. The van der Waals surface area contributed by atoms with Gasteiger partial charge in [0.1, 0.15) is 5.69 Å². The highest BCUT2D eigenvalue weighted by Gasteiger charge is 2.20. The Morgan fingerprint density at radius 2 is 1.96 bits per heavy atom. The quantitative estimate of drug-likeness (QED) is 0.730. The molecule has 1 aromatic carbocycles. The first-order valence-electron chi connectivity index (χ1n) is 7.66. The first-order valence-corrected chi connectivity index (χ1v) is 8.91. The SMILES string of the molecule is O=C(NNC(=O)c1csc(C2CCNCC2)n1)c1cccc(Cl)c1. The fraction of sp³-hybridized carbons (Fsp3) is 0.312. The molecule has 24 heavy (non-hydrogen) atoms. The number of nitrogens with zero attached hydrogens (tertiary/aromatic N) is 1. The lowest BCUT2D eigenvalue weighted by atomic mass is 9.99. The number of aromatic nitrogens is 1. The molecule has 3 N–H and O–H groups in total. The monoisotopic (exact) mass is 364 g/mol. The summed E-state index contributed by atoms with van der Waals surface area (Å²) in [5, 5.41) is 6.46. The Morgan fingerprint density at radius 3 is 2.71 bits per heavy atom. The van der Waals surface area contributed by atoms with E-state index in [0.29, 0.717) is 22.2 Å². The zero-order chi connectivity index (χ0) is 16.9. The molecule has 6 nitrogen and oxygen atoms in total. The molecule has 3 rings (SSSR count). The molecule has 0 bridgehead atoms. The maximum absolute atomic E-state index is 12.1. The Labute approximate surface area is 148 Å². The fourth-order valence-corrected chi connectivity index (χ4v) is 3.69. The Hall–Kier alpha value is -1.96. The van der Waals surface area contributed by atoms with E-state index >= 15 is 0 Å². The summed E-state index contributed by atoms with van der Waals surface area (Å²) in [6.45, 7) is 1.95. The van der Waals surface area contributed by atoms with Crippen LogP contribution in [-0.4, -0.2) is 29.9 Å². The first-order chi connectivity index (χ1) is 11.6. The van der Waals surface area contributed by atoms with Crippen LogP contribution in [0.5, 0.6) is 0 Å². The van der Waals surface area contributed by atoms with Crippen molar-refractivity contribution in [2.24, 2.45) is 0 Å². The summed E-state index contributed by atoms with van der Waals surface area (Å²) >= 11 is 7.33. The van der Waals surface area contributed by atoms with Crippen LogP contribution in [0, 0.1) is 0 Å². The standard InChI is InChI=1S/C16H17ClN4O2S/c17-12-3-1-2-11(8-12)14(22)20-21-15(23)13-9-24-16(19-13)10-4-6-18-7-5-10/h1-3,8-10,18H,4-7H2,(H,20,22)(H,21,23). The number of thiazole rings is 1. The second kappa shape index (κ2) is 7.74. The molecule has 1 aliphatic rings. The van der Waals surface area contributed by atoms with Gasteiger partial charge in [0.05, 0.1) is 5.01 Å². The molecule has 126 valence electrons. The van der Waals surface area contributed by atoms with E-state index in [-0.39, 0.29) is 0 Å². The van der Waals surface area contributed by atoms with Gasteiger partial charge in [-0.2, -0.15) is 0 Å². The van der Waals surface area contributed by atoms with Gasteiger partial charge in [0, 0.05) is 21.9 Å². The normalized spacial score (nSPS) is 15.0. The van der Waals surface area contributed by atoms with Crippen molar-refractivity contribution in [1.29, 1.82) is 0 Å². The second-order valence-electron chi connectivity index (χ2n) is 5.51. The highest BCUT2D eigenvalue weighted by atomic mass is 35.5. The van der Waals surface area contributed by atoms with Crippen LogP contribution in [0.3, 0.4) is 0 Å². The average molecular weight is 365 g/mol. The number of amides is 2. The molecule has 1 aliphatic heterocycles. The van der Waals surface area contributed by atoms with E-state index in [1.54, 1.807) is 23.6 Å². The number of nitrogens with one attached hydrogen (secondary N) is 3. The van der Waals surface area contributed by atoms with E-state index in [4.69, 9.17) is 11.6 Å². The fourth-order valence-electron chi connectivity index (χ4n) is 2.53. The molecule has 8 heteroatoms. The van der Waals surface area contributed by atoms with Gasteiger partial charge in [-0.3, -0.25) is 20.4 Å². The minimum Gasteiger partial charge on any atom is -0.317 e. The van der Waals surface area contributed by atoms with Gasteiger partial charge in [0.25, 0.3) is 11.8 Å². The topological polar surface area (TPSA) is 83.1 Å². The lowest BCUT2D eigenvalue weighted by Crippen LogP contribution is -2.41. The molecule has 0 atom stereocenters. The van der Waals surface area contributed by atoms with Gasteiger partial charge >= 0.3 is 0 Å². The molecule has 0 radical (unpaired) electrons. The molecule has 2 aromatic rings. The van der Waals surface area contributed by atoms with Gasteiger partial charge in [0.2, 0.25) is 0 Å². The minimum absolute atomic E-state index is 0.319. The number of carbonyl (C=O) groups is 2. The summed E-state index contributed by atoms with van der Waals surface area (Å²) in [6, 6.07) is 6.49. The van der Waals surface area contributed by atoms with Gasteiger partial charge in [-0.25, -0.2) is 4.98 Å². The first kappa shape index (κ1) is 16.9. The number of hydrazine groups is 1. The molecular formula is C16H17ClN4O2S. The van der Waals surface area contributed by atoms with Crippen molar-refractivity contribution in [3.8, 4) is 0 Å². The van der Waals surface area contributed by atoms with E-state index in [1.807, 2.05) is 0 Å². The molecule has 0 unspecified atom stereocenters. The van der Waals surface area contributed by atoms with E-state index in [0.717, 1.165) is 30.9 Å². The number of benzene rings is 1. The van der Waals surface area contributed by atoms with Crippen LogP contribution >= 0.6 is 22.9 Å². The van der Waals surface area contributed by atoms with Crippen molar-refractivity contribution in [3.05, 3.63) is 50.9 Å². The average Bonchev–Trinajstić information content (AvgIpc) is 3.10. The number of carbonyl (C=O) groups excluding carboxylic acids is 2. The molecule has 2 heterocycles. The molecule has 1 aromatic heterocycles. The van der Waals surface area contributed by atoms with Crippen LogP contribution in [0.15, 0.2) is 29.6 Å². The third-order valence-electron chi connectivity index (χ3n) is 3.82. The Kier molecular flexibility index (Phi) is 5.44. The van der Waals surface area contributed by atoms with Crippen LogP contribution in [0.4, 0.5) is 0 Å². The van der Waals surface area contributed by atoms with Crippen LogP contribution in [0.2, 0.25) is 5.02 Å². The highest BCUT2D eigenvalue weighted by Crippen LogP contribution is 2.27. The maximum atomic E-state index is 12.1. The summed E-state index contributed by atoms with van der Waals surface area (Å²) in [6.07, 6.45) is 2.06. The number of halogens is 1. The number of hydrogen-bond donors (Lipinski definition) is 3. The Bertz CT molecular complexity index is 743. The molecule has 2 amide bonds. The van der Waals surface area contributed by atoms with E-state index in [1.165, 1.54) is 17.4 Å². The van der Waals surface area contributed by atoms with Crippen LogP contribution in [-0.2, 0) is 0 Å². The van der Waals surface area contributed by atoms with Crippen molar-refractivity contribution in [2.45, 2.75) is 18.8 Å². The summed E-state index contributed by atoms with van der Waals surface area (Å²) < 4.78 is 0. The van der Waals surface area contributed by atoms with Gasteiger partial charge in [-0.1, -0.05) is 17.7 Å². The third kappa shape index (κ3) is 4.11. The largest absolute Gasteiger partial charge is 0.317 e. The molecular weight excluding hydrogens is 348 g/mol. The van der Waals surface area contributed by atoms with Gasteiger partial charge in [0.15, 0.2) is 0 Å². The summed E-state index contributed by atoms with van der Waals surface area (Å²) in [7, 11) is 0. The van der Waals surface area contributed by atoms with Crippen molar-refractivity contribution < 1.29 is 9.59 Å². The Morgan fingerprint density at radius 1 is 1.21 bits per heavy atom. The smallest absolute Gasteiger partial charge is 0.289 e. The molecule has 0 saturated carbocycles. The van der Waals surface area contributed by atoms with Crippen LogP contribution < -0.4 is 16.2 Å². The number of hydrogen-bond acceptors (Lipinski definition) is 5. The Balaban J connectivity index is 1.57. The molecule has 0 aliphatic carbocycles.